The molecule has 11 heteroatoms. The Morgan fingerprint density at radius 2 is 1.60 bits per heavy atom. The van der Waals surface area contributed by atoms with Gasteiger partial charge in [0.2, 0.25) is 11.8 Å². The summed E-state index contributed by atoms with van der Waals surface area (Å²) in [7, 11) is -2.83. The summed E-state index contributed by atoms with van der Waals surface area (Å²) in [6, 6.07) is 16.4. The summed E-state index contributed by atoms with van der Waals surface area (Å²) < 4.78 is 47.3. The molecule has 0 saturated carbocycles. The molecule has 0 heterocycles. The number of halogens is 2. The molecule has 0 aromatic heterocycles. The second kappa shape index (κ2) is 13.6. The van der Waals surface area contributed by atoms with Crippen LogP contribution in [0.1, 0.15) is 26.3 Å². The molecular weight excluding hydrogens is 557 g/mol. The van der Waals surface area contributed by atoms with Crippen molar-refractivity contribution in [2.24, 2.45) is 5.92 Å². The van der Waals surface area contributed by atoms with E-state index in [2.05, 4.69) is 5.32 Å². The number of carbonyl (C=O) groups is 2. The fourth-order valence-electron chi connectivity index (χ4n) is 3.86. The first-order valence-electron chi connectivity index (χ1n) is 12.7. The zero-order valence-electron chi connectivity index (χ0n) is 22.8. The van der Waals surface area contributed by atoms with Crippen LogP contribution in [0.15, 0.2) is 77.7 Å². The van der Waals surface area contributed by atoms with Crippen molar-refractivity contribution in [1.29, 1.82) is 0 Å². The number of nitrogens with zero attached hydrogens (tertiary/aromatic N) is 2. The van der Waals surface area contributed by atoms with Crippen LogP contribution in [0.5, 0.6) is 5.75 Å². The van der Waals surface area contributed by atoms with E-state index in [0.717, 1.165) is 16.4 Å². The normalized spacial score (nSPS) is 12.1. The van der Waals surface area contributed by atoms with Crippen LogP contribution in [0.2, 0.25) is 5.02 Å². The maximum absolute atomic E-state index is 13.9. The summed E-state index contributed by atoms with van der Waals surface area (Å²) in [5.74, 6) is -0.954. The number of carbonyl (C=O) groups excluding carboxylic acids is 2. The molecule has 0 radical (unpaired) electrons. The fourth-order valence-corrected chi connectivity index (χ4v) is 5.47. The molecule has 8 nitrogen and oxygen atoms in total. The number of nitrogens with one attached hydrogen (secondary N) is 1. The Hall–Kier alpha value is -3.63. The molecule has 0 aliphatic rings. The van der Waals surface area contributed by atoms with Crippen molar-refractivity contribution >= 4 is 39.1 Å². The molecule has 1 atom stereocenters. The molecule has 0 aliphatic heterocycles. The lowest BCUT2D eigenvalue weighted by Crippen LogP contribution is -2.51. The Morgan fingerprint density at radius 3 is 2.17 bits per heavy atom. The molecule has 0 bridgehead atoms. The smallest absolute Gasteiger partial charge is 0.264 e. The minimum Gasteiger partial charge on any atom is -0.497 e. The van der Waals surface area contributed by atoms with Gasteiger partial charge in [-0.05, 0) is 73.0 Å². The second-order valence-electron chi connectivity index (χ2n) is 9.59. The molecule has 3 aromatic carbocycles. The summed E-state index contributed by atoms with van der Waals surface area (Å²) in [4.78, 5) is 28.1. The average Bonchev–Trinajstić information content (AvgIpc) is 2.94. The van der Waals surface area contributed by atoms with Gasteiger partial charge >= 0.3 is 0 Å². The topological polar surface area (TPSA) is 96.0 Å². The molecule has 0 unspecified atom stereocenters. The van der Waals surface area contributed by atoms with Crippen LogP contribution < -0.4 is 14.4 Å². The minimum absolute atomic E-state index is 0.0331. The predicted octanol–water partition coefficient (Wildman–Crippen LogP) is 4.87. The van der Waals surface area contributed by atoms with Crippen molar-refractivity contribution in [2.45, 2.75) is 38.3 Å². The molecule has 40 heavy (non-hydrogen) atoms. The molecule has 2 amide bonds. The molecular formula is C29H33ClFN3O5S. The Morgan fingerprint density at radius 1 is 0.975 bits per heavy atom. The zero-order chi connectivity index (χ0) is 29.4. The lowest BCUT2D eigenvalue weighted by Gasteiger charge is -2.32. The van der Waals surface area contributed by atoms with E-state index in [1.807, 2.05) is 13.8 Å². The van der Waals surface area contributed by atoms with Gasteiger partial charge in [-0.25, -0.2) is 12.8 Å². The van der Waals surface area contributed by atoms with Crippen molar-refractivity contribution < 1.29 is 27.1 Å². The summed E-state index contributed by atoms with van der Waals surface area (Å²) in [6.45, 7) is 5.20. The Labute approximate surface area is 239 Å². The number of ether oxygens (including phenoxy) is 1. The molecule has 214 valence electrons. The van der Waals surface area contributed by atoms with Gasteiger partial charge in [0, 0.05) is 18.1 Å². The number of amides is 2. The summed E-state index contributed by atoms with van der Waals surface area (Å²) >= 11 is 6.36. The summed E-state index contributed by atoms with van der Waals surface area (Å²) in [5, 5.41) is 3.22. The Kier molecular flexibility index (Phi) is 10.5. The largest absolute Gasteiger partial charge is 0.497 e. The summed E-state index contributed by atoms with van der Waals surface area (Å²) in [6.07, 6.45) is 0. The fraction of sp³-hybridized carbons (Fsp3) is 0.310. The minimum atomic E-state index is -4.29. The Balaban J connectivity index is 2.02. The lowest BCUT2D eigenvalue weighted by molar-refractivity contribution is -0.139. The van der Waals surface area contributed by atoms with E-state index < -0.39 is 34.3 Å². The van der Waals surface area contributed by atoms with Crippen molar-refractivity contribution in [3.8, 4) is 5.75 Å². The molecule has 0 fully saturated rings. The van der Waals surface area contributed by atoms with E-state index in [4.69, 9.17) is 16.3 Å². The van der Waals surface area contributed by atoms with Gasteiger partial charge in [0.05, 0.1) is 17.7 Å². The second-order valence-corrected chi connectivity index (χ2v) is 11.9. The first-order valence-corrected chi connectivity index (χ1v) is 14.5. The van der Waals surface area contributed by atoms with E-state index in [0.29, 0.717) is 22.9 Å². The number of anilines is 1. The van der Waals surface area contributed by atoms with Crippen LogP contribution in [0.3, 0.4) is 0 Å². The van der Waals surface area contributed by atoms with Crippen LogP contribution in [0, 0.1) is 11.7 Å². The molecule has 0 saturated heterocycles. The van der Waals surface area contributed by atoms with E-state index >= 15 is 0 Å². The summed E-state index contributed by atoms with van der Waals surface area (Å²) in [5.41, 5.74) is 0.674. The molecule has 1 N–H and O–H groups in total. The van der Waals surface area contributed by atoms with Crippen LogP contribution >= 0.6 is 11.6 Å². The molecule has 0 spiro atoms. The first-order chi connectivity index (χ1) is 18.9. The number of sulfonamides is 1. The van der Waals surface area contributed by atoms with E-state index in [1.54, 1.807) is 31.2 Å². The third-order valence-corrected chi connectivity index (χ3v) is 8.35. The van der Waals surface area contributed by atoms with Gasteiger partial charge in [-0.3, -0.25) is 13.9 Å². The van der Waals surface area contributed by atoms with Crippen molar-refractivity contribution in [3.63, 3.8) is 0 Å². The highest BCUT2D eigenvalue weighted by Gasteiger charge is 2.33. The van der Waals surface area contributed by atoms with Gasteiger partial charge < -0.3 is 15.0 Å². The number of hydrogen-bond acceptors (Lipinski definition) is 5. The monoisotopic (exact) mass is 589 g/mol. The third kappa shape index (κ3) is 7.73. The highest BCUT2D eigenvalue weighted by atomic mass is 35.5. The highest BCUT2D eigenvalue weighted by molar-refractivity contribution is 7.92. The molecule has 0 aliphatic carbocycles. The zero-order valence-corrected chi connectivity index (χ0v) is 24.4. The van der Waals surface area contributed by atoms with Crippen molar-refractivity contribution in [2.75, 3.05) is 24.5 Å². The van der Waals surface area contributed by atoms with E-state index in [1.165, 1.54) is 48.4 Å². The quantitative estimate of drug-likeness (QED) is 0.325. The third-order valence-electron chi connectivity index (χ3n) is 6.19. The Bertz CT molecular complexity index is 1420. The lowest BCUT2D eigenvalue weighted by atomic mass is 10.1. The van der Waals surface area contributed by atoms with Crippen LogP contribution in [-0.2, 0) is 26.2 Å². The van der Waals surface area contributed by atoms with Crippen LogP contribution in [0.4, 0.5) is 10.1 Å². The first kappa shape index (κ1) is 30.9. The molecule has 3 rings (SSSR count). The molecule has 3 aromatic rings. The van der Waals surface area contributed by atoms with Crippen LogP contribution in [-0.4, -0.2) is 51.4 Å². The maximum Gasteiger partial charge on any atom is 0.264 e. The van der Waals surface area contributed by atoms with Gasteiger partial charge in [-0.2, -0.15) is 0 Å². The maximum atomic E-state index is 13.9. The number of benzene rings is 3. The number of hydrogen-bond donors (Lipinski definition) is 1. The average molecular weight is 590 g/mol. The van der Waals surface area contributed by atoms with Gasteiger partial charge in [-0.1, -0.05) is 43.6 Å². The van der Waals surface area contributed by atoms with Gasteiger partial charge in [-0.15, -0.1) is 0 Å². The number of methoxy groups -OCH3 is 1. The van der Waals surface area contributed by atoms with Crippen molar-refractivity contribution in [3.05, 3.63) is 89.2 Å². The highest BCUT2D eigenvalue weighted by Crippen LogP contribution is 2.26. The van der Waals surface area contributed by atoms with E-state index in [-0.39, 0.29) is 29.0 Å². The van der Waals surface area contributed by atoms with Crippen LogP contribution in [0.25, 0.3) is 0 Å². The predicted molar refractivity (Wildman–Crippen MR) is 153 cm³/mol. The van der Waals surface area contributed by atoms with E-state index in [9.17, 15) is 22.4 Å². The van der Waals surface area contributed by atoms with Gasteiger partial charge in [0.25, 0.3) is 10.0 Å². The number of rotatable bonds is 12. The van der Waals surface area contributed by atoms with Crippen molar-refractivity contribution in [1.82, 2.24) is 10.2 Å². The van der Waals surface area contributed by atoms with Gasteiger partial charge in [0.15, 0.2) is 0 Å². The van der Waals surface area contributed by atoms with Gasteiger partial charge in [0.1, 0.15) is 24.2 Å². The SMILES string of the molecule is COc1ccc(S(=O)(=O)N(CC(=O)N(Cc2ccccc2Cl)[C@@H](C)C(=O)NCC(C)C)c2ccc(F)cc2)cc1. The standard InChI is InChI=1S/C29H33ClFN3O5S/c1-20(2)17-32-29(36)21(3)33(18-22-7-5-6-8-27(22)30)28(35)19-34(24-11-9-23(31)10-12-24)40(37,38)26-15-13-25(39-4)14-16-26/h5-16,20-21H,17-19H2,1-4H3,(H,32,36)/t21-/m0/s1.